The van der Waals surface area contributed by atoms with Crippen molar-refractivity contribution in [2.45, 2.75) is 20.8 Å². The minimum Gasteiger partial charge on any atom is -0.383 e. The lowest BCUT2D eigenvalue weighted by atomic mass is 10.0. The molecule has 1 N–H and O–H groups in total. The number of methoxy groups -OCH3 is 1. The number of ether oxygens (including phenoxy) is 1. The summed E-state index contributed by atoms with van der Waals surface area (Å²) in [6.45, 7) is 10.8. The van der Waals surface area contributed by atoms with Crippen LogP contribution in [0.1, 0.15) is 16.7 Å². The smallest absolute Gasteiger partial charge is 0.317 e. The van der Waals surface area contributed by atoms with E-state index in [0.29, 0.717) is 13.2 Å². The van der Waals surface area contributed by atoms with Crippen LogP contribution in [0, 0.1) is 20.8 Å². The fourth-order valence-corrected chi connectivity index (χ4v) is 3.18. The Balaban J connectivity index is 1.94. The average Bonchev–Trinajstić information content (AvgIpc) is 2.47. The zero-order valence-corrected chi connectivity index (χ0v) is 14.1. The van der Waals surface area contributed by atoms with Gasteiger partial charge in [-0.1, -0.05) is 17.7 Å². The minimum absolute atomic E-state index is 0.00838. The van der Waals surface area contributed by atoms with Crippen molar-refractivity contribution in [2.24, 2.45) is 0 Å². The number of hydrogen-bond acceptors (Lipinski definition) is 3. The first-order valence-electron chi connectivity index (χ1n) is 7.87. The topological polar surface area (TPSA) is 44.8 Å². The average molecular weight is 305 g/mol. The number of amides is 2. The lowest BCUT2D eigenvalue weighted by Crippen LogP contribution is -2.52. The van der Waals surface area contributed by atoms with Crippen LogP contribution in [0.15, 0.2) is 12.1 Å². The molecule has 0 bridgehead atoms. The Morgan fingerprint density at radius 3 is 2.27 bits per heavy atom. The van der Waals surface area contributed by atoms with Crippen molar-refractivity contribution in [2.75, 3.05) is 51.3 Å². The first kappa shape index (κ1) is 16.6. The van der Waals surface area contributed by atoms with Gasteiger partial charge in [-0.3, -0.25) is 0 Å². The lowest BCUT2D eigenvalue weighted by molar-refractivity contribution is 0.177. The van der Waals surface area contributed by atoms with Gasteiger partial charge < -0.3 is 19.9 Å². The summed E-state index contributed by atoms with van der Waals surface area (Å²) in [6, 6.07) is 4.47. The van der Waals surface area contributed by atoms with Gasteiger partial charge in [-0.15, -0.1) is 0 Å². The van der Waals surface area contributed by atoms with Gasteiger partial charge in [-0.2, -0.15) is 0 Å². The zero-order chi connectivity index (χ0) is 16.1. The van der Waals surface area contributed by atoms with Gasteiger partial charge in [0.05, 0.1) is 6.61 Å². The third-order valence-electron chi connectivity index (χ3n) is 4.10. The Hall–Kier alpha value is -1.75. The molecule has 1 saturated heterocycles. The Kier molecular flexibility index (Phi) is 5.66. The summed E-state index contributed by atoms with van der Waals surface area (Å²) in [7, 11) is 1.64. The maximum atomic E-state index is 12.0. The van der Waals surface area contributed by atoms with Crippen molar-refractivity contribution in [3.8, 4) is 0 Å². The van der Waals surface area contributed by atoms with Gasteiger partial charge in [0.15, 0.2) is 0 Å². The molecule has 1 aliphatic heterocycles. The molecule has 2 rings (SSSR count). The molecule has 0 spiro atoms. The second-order valence-electron chi connectivity index (χ2n) is 5.95. The van der Waals surface area contributed by atoms with E-state index >= 15 is 0 Å². The van der Waals surface area contributed by atoms with E-state index in [-0.39, 0.29) is 6.03 Å². The summed E-state index contributed by atoms with van der Waals surface area (Å²) in [4.78, 5) is 16.3. The van der Waals surface area contributed by atoms with Crippen molar-refractivity contribution < 1.29 is 9.53 Å². The normalized spacial score (nSPS) is 15.1. The number of carbonyl (C=O) groups excluding carboxylic acids is 1. The monoisotopic (exact) mass is 305 g/mol. The predicted octanol–water partition coefficient (Wildman–Crippen LogP) is 2.09. The number of carbonyl (C=O) groups is 1. The van der Waals surface area contributed by atoms with E-state index < -0.39 is 0 Å². The maximum Gasteiger partial charge on any atom is 0.317 e. The number of urea groups is 1. The molecule has 5 heteroatoms. The molecule has 0 saturated carbocycles. The second-order valence-corrected chi connectivity index (χ2v) is 5.95. The molecule has 0 aliphatic carbocycles. The number of hydrogen-bond donors (Lipinski definition) is 1. The molecule has 0 radical (unpaired) electrons. The molecule has 1 fully saturated rings. The first-order chi connectivity index (χ1) is 10.5. The molecular formula is C17H27N3O2. The highest BCUT2D eigenvalue weighted by Crippen LogP contribution is 2.27. The highest BCUT2D eigenvalue weighted by Gasteiger charge is 2.22. The fourth-order valence-electron chi connectivity index (χ4n) is 3.18. The third kappa shape index (κ3) is 3.91. The minimum atomic E-state index is 0.00838. The summed E-state index contributed by atoms with van der Waals surface area (Å²) in [6.07, 6.45) is 0. The van der Waals surface area contributed by atoms with Crippen LogP contribution in [0.5, 0.6) is 0 Å². The quantitative estimate of drug-likeness (QED) is 0.866. The number of piperazine rings is 1. The Labute approximate surface area is 133 Å². The molecule has 1 aromatic carbocycles. The van der Waals surface area contributed by atoms with Crippen LogP contribution in [0.3, 0.4) is 0 Å². The summed E-state index contributed by atoms with van der Waals surface area (Å²) >= 11 is 0. The van der Waals surface area contributed by atoms with Gasteiger partial charge in [0.25, 0.3) is 0 Å². The number of aryl methyl sites for hydroxylation is 3. The Morgan fingerprint density at radius 2 is 1.73 bits per heavy atom. The van der Waals surface area contributed by atoms with Crippen LogP contribution in [0.25, 0.3) is 0 Å². The zero-order valence-electron chi connectivity index (χ0n) is 14.1. The molecule has 2 amide bonds. The van der Waals surface area contributed by atoms with Crippen LogP contribution in [0.4, 0.5) is 10.5 Å². The van der Waals surface area contributed by atoms with Crippen molar-refractivity contribution >= 4 is 11.7 Å². The van der Waals surface area contributed by atoms with E-state index in [2.05, 4.69) is 43.1 Å². The summed E-state index contributed by atoms with van der Waals surface area (Å²) in [5.74, 6) is 0. The number of benzene rings is 1. The fraction of sp³-hybridized carbons (Fsp3) is 0.588. The summed E-state index contributed by atoms with van der Waals surface area (Å²) in [5, 5.41) is 2.88. The highest BCUT2D eigenvalue weighted by atomic mass is 16.5. The number of anilines is 1. The van der Waals surface area contributed by atoms with E-state index in [1.807, 2.05) is 4.90 Å². The standard InChI is InChI=1S/C17H27N3O2/c1-13-11-14(2)16(15(3)12-13)19-6-8-20(9-7-19)17(21)18-5-10-22-4/h11-12H,5-10H2,1-4H3,(H,18,21). The SMILES string of the molecule is COCCNC(=O)N1CCN(c2c(C)cc(C)cc2C)CC1. The van der Waals surface area contributed by atoms with Crippen molar-refractivity contribution in [3.63, 3.8) is 0 Å². The summed E-state index contributed by atoms with van der Waals surface area (Å²) in [5.41, 5.74) is 5.26. The van der Waals surface area contributed by atoms with Crippen LogP contribution in [-0.4, -0.2) is 57.4 Å². The second kappa shape index (κ2) is 7.49. The Morgan fingerprint density at radius 1 is 1.14 bits per heavy atom. The molecule has 0 unspecified atom stereocenters. The summed E-state index contributed by atoms with van der Waals surface area (Å²) < 4.78 is 4.95. The molecule has 22 heavy (non-hydrogen) atoms. The van der Waals surface area contributed by atoms with E-state index in [9.17, 15) is 4.79 Å². The van der Waals surface area contributed by atoms with Gasteiger partial charge >= 0.3 is 6.03 Å². The van der Waals surface area contributed by atoms with Gasteiger partial charge in [0, 0.05) is 45.5 Å². The number of nitrogens with one attached hydrogen (secondary N) is 1. The molecule has 1 heterocycles. The van der Waals surface area contributed by atoms with Gasteiger partial charge in [-0.25, -0.2) is 4.79 Å². The van der Waals surface area contributed by atoms with Crippen LogP contribution in [0.2, 0.25) is 0 Å². The Bertz CT molecular complexity index is 500. The van der Waals surface area contributed by atoms with E-state index in [4.69, 9.17) is 4.74 Å². The van der Waals surface area contributed by atoms with Crippen molar-refractivity contribution in [1.82, 2.24) is 10.2 Å². The molecular weight excluding hydrogens is 278 g/mol. The molecule has 5 nitrogen and oxygen atoms in total. The first-order valence-corrected chi connectivity index (χ1v) is 7.87. The van der Waals surface area contributed by atoms with Crippen molar-refractivity contribution in [1.29, 1.82) is 0 Å². The van der Waals surface area contributed by atoms with E-state index in [1.165, 1.54) is 22.4 Å². The molecule has 1 aliphatic rings. The molecule has 1 aromatic rings. The van der Waals surface area contributed by atoms with E-state index in [1.54, 1.807) is 7.11 Å². The van der Waals surface area contributed by atoms with Crippen LogP contribution >= 0.6 is 0 Å². The highest BCUT2D eigenvalue weighted by molar-refractivity contribution is 5.74. The van der Waals surface area contributed by atoms with E-state index in [0.717, 1.165) is 26.2 Å². The van der Waals surface area contributed by atoms with Crippen molar-refractivity contribution in [3.05, 3.63) is 28.8 Å². The number of rotatable bonds is 4. The van der Waals surface area contributed by atoms with Crippen LogP contribution < -0.4 is 10.2 Å². The van der Waals surface area contributed by atoms with Crippen LogP contribution in [-0.2, 0) is 4.74 Å². The molecule has 122 valence electrons. The third-order valence-corrected chi connectivity index (χ3v) is 4.10. The number of nitrogens with zero attached hydrogens (tertiary/aromatic N) is 2. The van der Waals surface area contributed by atoms with Gasteiger partial charge in [0.1, 0.15) is 0 Å². The maximum absolute atomic E-state index is 12.0. The van der Waals surface area contributed by atoms with Gasteiger partial charge in [0.2, 0.25) is 0 Å². The lowest BCUT2D eigenvalue weighted by Gasteiger charge is -2.37. The molecule has 0 atom stereocenters. The molecule has 0 aromatic heterocycles. The largest absolute Gasteiger partial charge is 0.383 e. The van der Waals surface area contributed by atoms with Gasteiger partial charge in [-0.05, 0) is 31.9 Å². The predicted molar refractivity (Wildman–Crippen MR) is 89.7 cm³/mol.